The minimum absolute atomic E-state index is 0.260. The van der Waals surface area contributed by atoms with E-state index >= 15 is 0 Å². The molecule has 17 heavy (non-hydrogen) atoms. The van der Waals surface area contributed by atoms with Crippen LogP contribution in [-0.4, -0.2) is 23.6 Å². The third-order valence-corrected chi connectivity index (χ3v) is 2.79. The van der Waals surface area contributed by atoms with Gasteiger partial charge in [-0.3, -0.25) is 0 Å². The Bertz CT molecular complexity index is 393. The molecule has 4 nitrogen and oxygen atoms in total. The van der Waals surface area contributed by atoms with Gasteiger partial charge in [0.1, 0.15) is 11.4 Å². The van der Waals surface area contributed by atoms with E-state index in [9.17, 15) is 4.79 Å². The molecule has 94 valence electrons. The highest BCUT2D eigenvalue weighted by Crippen LogP contribution is 2.22. The smallest absolute Gasteiger partial charge is 0.331 e. The highest BCUT2D eigenvalue weighted by molar-refractivity contribution is 5.83. The first kappa shape index (κ1) is 13.5. The summed E-state index contributed by atoms with van der Waals surface area (Å²) in [5.41, 5.74) is 0.293. The van der Waals surface area contributed by atoms with Gasteiger partial charge in [-0.1, -0.05) is 19.4 Å². The van der Waals surface area contributed by atoms with Crippen LogP contribution < -0.4 is 5.32 Å². The predicted molar refractivity (Wildman–Crippen MR) is 67.9 cm³/mol. The van der Waals surface area contributed by atoms with Crippen LogP contribution in [0.1, 0.15) is 32.3 Å². The van der Waals surface area contributed by atoms with Crippen molar-refractivity contribution in [1.82, 2.24) is 4.98 Å². The Hall–Kier alpha value is -1.58. The normalized spacial score (nSPS) is 13.9. The third-order valence-electron chi connectivity index (χ3n) is 2.79. The van der Waals surface area contributed by atoms with Gasteiger partial charge in [-0.25, -0.2) is 9.78 Å². The second-order valence-electron chi connectivity index (χ2n) is 4.37. The van der Waals surface area contributed by atoms with Crippen LogP contribution in [0.4, 0.5) is 5.82 Å². The molecule has 0 bridgehead atoms. The van der Waals surface area contributed by atoms with Crippen molar-refractivity contribution >= 4 is 11.8 Å². The second-order valence-corrected chi connectivity index (χ2v) is 4.37. The van der Waals surface area contributed by atoms with E-state index < -0.39 is 5.54 Å². The first-order valence-electron chi connectivity index (χ1n) is 5.81. The number of hydrogen-bond donors (Lipinski definition) is 1. The van der Waals surface area contributed by atoms with Crippen LogP contribution in [0.15, 0.2) is 18.3 Å². The number of methoxy groups -OCH3 is 1. The van der Waals surface area contributed by atoms with Crippen LogP contribution in [0.3, 0.4) is 0 Å². The molecule has 1 unspecified atom stereocenters. The topological polar surface area (TPSA) is 51.2 Å². The Morgan fingerprint density at radius 2 is 2.29 bits per heavy atom. The highest BCUT2D eigenvalue weighted by Gasteiger charge is 2.33. The summed E-state index contributed by atoms with van der Waals surface area (Å²) in [5.74, 6) is 0.471. The van der Waals surface area contributed by atoms with Crippen molar-refractivity contribution < 1.29 is 9.53 Å². The van der Waals surface area contributed by atoms with Crippen LogP contribution in [0.25, 0.3) is 0 Å². The zero-order valence-electron chi connectivity index (χ0n) is 10.9. The first-order chi connectivity index (χ1) is 8.03. The van der Waals surface area contributed by atoms with E-state index in [1.807, 2.05) is 32.9 Å². The van der Waals surface area contributed by atoms with Crippen LogP contribution in [0.2, 0.25) is 0 Å². The summed E-state index contributed by atoms with van der Waals surface area (Å²) >= 11 is 0. The molecule has 1 aromatic rings. The fourth-order valence-corrected chi connectivity index (χ4v) is 1.82. The lowest BCUT2D eigenvalue weighted by Crippen LogP contribution is -2.44. The predicted octanol–water partition coefficient (Wildman–Crippen LogP) is 2.53. The molecule has 0 aliphatic heterocycles. The molecular weight excluding hydrogens is 216 g/mol. The average molecular weight is 236 g/mol. The van der Waals surface area contributed by atoms with E-state index in [0.29, 0.717) is 6.42 Å². The fourth-order valence-electron chi connectivity index (χ4n) is 1.82. The summed E-state index contributed by atoms with van der Waals surface area (Å²) < 4.78 is 4.85. The van der Waals surface area contributed by atoms with Gasteiger partial charge in [0.2, 0.25) is 0 Å². The van der Waals surface area contributed by atoms with Crippen molar-refractivity contribution in [3.05, 3.63) is 23.9 Å². The number of aromatic nitrogens is 1. The average Bonchev–Trinajstić information content (AvgIpc) is 2.31. The fraction of sp³-hybridized carbons (Fsp3) is 0.538. The summed E-state index contributed by atoms with van der Waals surface area (Å²) in [6, 6.07) is 3.83. The van der Waals surface area contributed by atoms with Gasteiger partial charge in [0.15, 0.2) is 0 Å². The van der Waals surface area contributed by atoms with E-state index in [-0.39, 0.29) is 5.97 Å². The van der Waals surface area contributed by atoms with E-state index in [4.69, 9.17) is 4.74 Å². The maximum atomic E-state index is 11.8. The Morgan fingerprint density at radius 3 is 2.82 bits per heavy atom. The third kappa shape index (κ3) is 3.19. The van der Waals surface area contributed by atoms with Crippen molar-refractivity contribution in [3.63, 3.8) is 0 Å². The molecule has 1 N–H and O–H groups in total. The number of ether oxygens (including phenoxy) is 1. The van der Waals surface area contributed by atoms with E-state index in [0.717, 1.165) is 17.8 Å². The molecule has 1 heterocycles. The van der Waals surface area contributed by atoms with E-state index in [1.54, 1.807) is 6.20 Å². The van der Waals surface area contributed by atoms with Crippen molar-refractivity contribution in [2.45, 2.75) is 39.2 Å². The minimum atomic E-state index is -0.720. The molecular formula is C13H20N2O2. The van der Waals surface area contributed by atoms with Gasteiger partial charge in [-0.2, -0.15) is 0 Å². The molecule has 0 aliphatic rings. The van der Waals surface area contributed by atoms with Gasteiger partial charge in [-0.15, -0.1) is 0 Å². The number of hydrogen-bond acceptors (Lipinski definition) is 4. The number of nitrogens with zero attached hydrogens (tertiary/aromatic N) is 1. The molecule has 0 amide bonds. The lowest BCUT2D eigenvalue weighted by molar-refractivity contribution is -0.145. The Labute approximate surface area is 102 Å². The summed E-state index contributed by atoms with van der Waals surface area (Å²) in [6.45, 7) is 5.84. The standard InChI is InChI=1S/C13H20N2O2/c1-5-8-13(3,12(16)17-4)15-11-10(2)7-6-9-14-11/h6-7,9H,5,8H2,1-4H3,(H,14,15). The Balaban J connectivity index is 2.94. The zero-order valence-corrected chi connectivity index (χ0v) is 10.9. The number of pyridine rings is 1. The maximum absolute atomic E-state index is 11.8. The van der Waals surface area contributed by atoms with Crippen LogP contribution >= 0.6 is 0 Å². The monoisotopic (exact) mass is 236 g/mol. The van der Waals surface area contributed by atoms with E-state index in [2.05, 4.69) is 10.3 Å². The van der Waals surface area contributed by atoms with Crippen LogP contribution in [0.5, 0.6) is 0 Å². The van der Waals surface area contributed by atoms with Gasteiger partial charge >= 0.3 is 5.97 Å². The molecule has 0 aromatic carbocycles. The molecule has 0 radical (unpaired) electrons. The van der Waals surface area contributed by atoms with Gasteiger partial charge in [0.25, 0.3) is 0 Å². The van der Waals surface area contributed by atoms with Crippen LogP contribution in [0, 0.1) is 6.92 Å². The Kier molecular flexibility index (Phi) is 4.49. The quantitative estimate of drug-likeness (QED) is 0.798. The highest BCUT2D eigenvalue weighted by atomic mass is 16.5. The number of anilines is 1. The lowest BCUT2D eigenvalue weighted by atomic mass is 9.96. The molecule has 1 aromatic heterocycles. The molecule has 1 rings (SSSR count). The second kappa shape index (κ2) is 5.66. The molecule has 0 saturated carbocycles. The summed E-state index contributed by atoms with van der Waals surface area (Å²) in [4.78, 5) is 16.1. The summed E-state index contributed by atoms with van der Waals surface area (Å²) in [6.07, 6.45) is 3.30. The van der Waals surface area contributed by atoms with Crippen molar-refractivity contribution in [1.29, 1.82) is 0 Å². The first-order valence-corrected chi connectivity index (χ1v) is 5.81. The number of carbonyl (C=O) groups excluding carboxylic acids is 1. The van der Waals surface area contributed by atoms with Crippen LogP contribution in [-0.2, 0) is 9.53 Å². The summed E-state index contributed by atoms with van der Waals surface area (Å²) in [5, 5.41) is 3.19. The van der Waals surface area contributed by atoms with Gasteiger partial charge in [-0.05, 0) is 31.9 Å². The van der Waals surface area contributed by atoms with Gasteiger partial charge in [0, 0.05) is 6.20 Å². The van der Waals surface area contributed by atoms with Gasteiger partial charge < -0.3 is 10.1 Å². The summed E-state index contributed by atoms with van der Waals surface area (Å²) in [7, 11) is 1.41. The van der Waals surface area contributed by atoms with Crippen molar-refractivity contribution in [3.8, 4) is 0 Å². The number of carbonyl (C=O) groups is 1. The van der Waals surface area contributed by atoms with E-state index in [1.165, 1.54) is 7.11 Å². The zero-order chi connectivity index (χ0) is 12.9. The molecule has 0 saturated heterocycles. The molecule has 0 aliphatic carbocycles. The molecule has 0 fully saturated rings. The largest absolute Gasteiger partial charge is 0.467 e. The molecule has 4 heteroatoms. The number of rotatable bonds is 5. The van der Waals surface area contributed by atoms with Crippen molar-refractivity contribution in [2.75, 3.05) is 12.4 Å². The molecule has 1 atom stereocenters. The SMILES string of the molecule is CCCC(C)(Nc1ncccc1C)C(=O)OC. The Morgan fingerprint density at radius 1 is 1.59 bits per heavy atom. The number of aryl methyl sites for hydroxylation is 1. The number of nitrogens with one attached hydrogen (secondary N) is 1. The molecule has 0 spiro atoms. The lowest BCUT2D eigenvalue weighted by Gasteiger charge is -2.28. The maximum Gasteiger partial charge on any atom is 0.331 e. The number of esters is 1. The minimum Gasteiger partial charge on any atom is -0.467 e. The van der Waals surface area contributed by atoms with Gasteiger partial charge in [0.05, 0.1) is 7.11 Å². The van der Waals surface area contributed by atoms with Crippen molar-refractivity contribution in [2.24, 2.45) is 0 Å².